The highest BCUT2D eigenvalue weighted by Gasteiger charge is 2.32. The number of carbonyl (C=O) groups is 2. The number of amides is 2. The number of hydrogen-bond donors (Lipinski definition) is 1. The molecule has 202 valence electrons. The molecule has 8 nitrogen and oxygen atoms in total. The van der Waals surface area contributed by atoms with Gasteiger partial charge in [0.05, 0.1) is 17.7 Å². The van der Waals surface area contributed by atoms with Crippen LogP contribution in [0.2, 0.25) is 0 Å². The van der Waals surface area contributed by atoms with E-state index >= 15 is 0 Å². The molecule has 3 aromatic carbocycles. The number of hydrogen-bond acceptors (Lipinski definition) is 5. The third kappa shape index (κ3) is 7.35. The minimum absolute atomic E-state index is 0.0168. The zero-order valence-corrected chi connectivity index (χ0v) is 24.0. The highest BCUT2D eigenvalue weighted by atomic mass is 79.9. The van der Waals surface area contributed by atoms with Crippen molar-refractivity contribution in [1.29, 1.82) is 0 Å². The number of sulfonamides is 1. The van der Waals surface area contributed by atoms with E-state index in [0.29, 0.717) is 18.0 Å². The first-order valence-corrected chi connectivity index (χ1v) is 14.4. The Kier molecular flexibility index (Phi) is 10.3. The van der Waals surface area contributed by atoms with E-state index in [2.05, 4.69) is 21.2 Å². The number of nitrogens with one attached hydrogen (secondary N) is 1. The molecule has 0 spiro atoms. The largest absolute Gasteiger partial charge is 0.497 e. The van der Waals surface area contributed by atoms with E-state index in [1.807, 2.05) is 31.2 Å². The number of anilines is 1. The van der Waals surface area contributed by atoms with Gasteiger partial charge in [-0.25, -0.2) is 8.42 Å². The molecule has 1 N–H and O–H groups in total. The standard InChI is InChI=1S/C28H32BrN3O5S/c1-4-18-30-28(34)21(2)31(19-22-10-12-23(29)13-11-22)27(33)20-32(24-8-6-5-7-9-24)38(35,36)26-16-14-25(37-3)15-17-26/h5-17,21H,4,18-20H2,1-3H3,(H,30,34)/t21-/m0/s1. The molecule has 3 rings (SSSR count). The Labute approximate surface area is 232 Å². The van der Waals surface area contributed by atoms with Gasteiger partial charge in [-0.3, -0.25) is 13.9 Å². The van der Waals surface area contributed by atoms with Gasteiger partial charge in [0.25, 0.3) is 10.0 Å². The van der Waals surface area contributed by atoms with E-state index < -0.39 is 28.5 Å². The Morgan fingerprint density at radius 2 is 1.61 bits per heavy atom. The molecular formula is C28H32BrN3O5S. The smallest absolute Gasteiger partial charge is 0.264 e. The van der Waals surface area contributed by atoms with Crippen LogP contribution in [0.5, 0.6) is 5.75 Å². The maximum atomic E-state index is 13.8. The first kappa shape index (κ1) is 29.2. The summed E-state index contributed by atoms with van der Waals surface area (Å²) in [6, 6.07) is 21.0. The lowest BCUT2D eigenvalue weighted by molar-refractivity contribution is -0.139. The summed E-state index contributed by atoms with van der Waals surface area (Å²) >= 11 is 3.41. The van der Waals surface area contributed by atoms with Gasteiger partial charge in [0, 0.05) is 17.6 Å². The zero-order valence-electron chi connectivity index (χ0n) is 21.6. The fourth-order valence-electron chi connectivity index (χ4n) is 3.76. The average molecular weight is 603 g/mol. The summed E-state index contributed by atoms with van der Waals surface area (Å²) in [5, 5.41) is 2.83. The summed E-state index contributed by atoms with van der Waals surface area (Å²) < 4.78 is 34.6. The Bertz CT molecular complexity index is 1320. The summed E-state index contributed by atoms with van der Waals surface area (Å²) in [5.41, 5.74) is 1.14. The van der Waals surface area contributed by atoms with E-state index in [1.165, 1.54) is 24.1 Å². The lowest BCUT2D eigenvalue weighted by Gasteiger charge is -2.32. The van der Waals surface area contributed by atoms with Gasteiger partial charge in [-0.2, -0.15) is 0 Å². The van der Waals surface area contributed by atoms with Gasteiger partial charge in [-0.15, -0.1) is 0 Å². The van der Waals surface area contributed by atoms with E-state index in [9.17, 15) is 18.0 Å². The van der Waals surface area contributed by atoms with Crippen molar-refractivity contribution >= 4 is 43.5 Å². The Hall–Kier alpha value is -3.37. The number of methoxy groups -OCH3 is 1. The molecule has 0 unspecified atom stereocenters. The molecule has 0 radical (unpaired) electrons. The molecule has 10 heteroatoms. The van der Waals surface area contributed by atoms with Crippen LogP contribution < -0.4 is 14.4 Å². The van der Waals surface area contributed by atoms with Gasteiger partial charge in [0.1, 0.15) is 18.3 Å². The van der Waals surface area contributed by atoms with Crippen molar-refractivity contribution < 1.29 is 22.7 Å². The van der Waals surface area contributed by atoms with Crippen molar-refractivity contribution in [3.8, 4) is 5.75 Å². The predicted molar refractivity (Wildman–Crippen MR) is 151 cm³/mol. The second-order valence-electron chi connectivity index (χ2n) is 8.64. The van der Waals surface area contributed by atoms with Gasteiger partial charge >= 0.3 is 0 Å². The van der Waals surface area contributed by atoms with Crippen LogP contribution in [-0.4, -0.2) is 51.4 Å². The quantitative estimate of drug-likeness (QED) is 0.327. The van der Waals surface area contributed by atoms with Crippen LogP contribution in [0, 0.1) is 0 Å². The molecule has 38 heavy (non-hydrogen) atoms. The molecule has 2 amide bonds. The van der Waals surface area contributed by atoms with Gasteiger partial charge in [-0.1, -0.05) is 53.2 Å². The normalized spacial score (nSPS) is 11.9. The Morgan fingerprint density at radius 3 is 2.18 bits per heavy atom. The number of ether oxygens (including phenoxy) is 1. The third-order valence-corrected chi connectivity index (χ3v) is 8.27. The molecule has 0 bridgehead atoms. The van der Waals surface area contributed by atoms with Crippen molar-refractivity contribution in [3.63, 3.8) is 0 Å². The third-order valence-electron chi connectivity index (χ3n) is 5.95. The first-order valence-electron chi connectivity index (χ1n) is 12.2. The van der Waals surface area contributed by atoms with Crippen molar-refractivity contribution in [3.05, 3.63) is 88.9 Å². The van der Waals surface area contributed by atoms with Crippen LogP contribution >= 0.6 is 15.9 Å². The van der Waals surface area contributed by atoms with E-state index in [4.69, 9.17) is 4.74 Å². The minimum Gasteiger partial charge on any atom is -0.497 e. The van der Waals surface area contributed by atoms with Gasteiger partial charge in [0.2, 0.25) is 11.8 Å². The van der Waals surface area contributed by atoms with E-state index in [1.54, 1.807) is 49.4 Å². The van der Waals surface area contributed by atoms with E-state index in [-0.39, 0.29) is 17.3 Å². The second kappa shape index (κ2) is 13.4. The highest BCUT2D eigenvalue weighted by Crippen LogP contribution is 2.26. The number of rotatable bonds is 12. The second-order valence-corrected chi connectivity index (χ2v) is 11.4. The molecule has 0 saturated heterocycles. The summed E-state index contributed by atoms with van der Waals surface area (Å²) in [7, 11) is -2.63. The fraction of sp³-hybridized carbons (Fsp3) is 0.286. The summed E-state index contributed by atoms with van der Waals surface area (Å²) in [4.78, 5) is 28.1. The van der Waals surface area contributed by atoms with Gasteiger partial charge in [-0.05, 0) is 67.4 Å². The average Bonchev–Trinajstić information content (AvgIpc) is 2.94. The van der Waals surface area contributed by atoms with Crippen LogP contribution in [0.25, 0.3) is 0 Å². The molecular weight excluding hydrogens is 570 g/mol. The molecule has 1 atom stereocenters. The minimum atomic E-state index is -4.12. The summed E-state index contributed by atoms with van der Waals surface area (Å²) in [6.45, 7) is 3.72. The predicted octanol–water partition coefficient (Wildman–Crippen LogP) is 4.60. The SMILES string of the molecule is CCCNC(=O)[C@H](C)N(Cc1ccc(Br)cc1)C(=O)CN(c1ccccc1)S(=O)(=O)c1ccc(OC)cc1. The molecule has 0 saturated carbocycles. The molecule has 0 fully saturated rings. The van der Waals surface area contributed by atoms with Crippen molar-refractivity contribution in [2.24, 2.45) is 0 Å². The van der Waals surface area contributed by atoms with Crippen molar-refractivity contribution in [2.75, 3.05) is 24.5 Å². The summed E-state index contributed by atoms with van der Waals surface area (Å²) in [5.74, 6) is -0.298. The van der Waals surface area contributed by atoms with Crippen LogP contribution in [0.4, 0.5) is 5.69 Å². The van der Waals surface area contributed by atoms with Crippen molar-refractivity contribution in [1.82, 2.24) is 10.2 Å². The number of para-hydroxylation sites is 1. The summed E-state index contributed by atoms with van der Waals surface area (Å²) in [6.07, 6.45) is 0.751. The van der Waals surface area contributed by atoms with Crippen LogP contribution in [-0.2, 0) is 26.2 Å². The van der Waals surface area contributed by atoms with Gasteiger partial charge < -0.3 is 15.0 Å². The lowest BCUT2D eigenvalue weighted by atomic mass is 10.1. The Morgan fingerprint density at radius 1 is 0.974 bits per heavy atom. The van der Waals surface area contributed by atoms with Crippen LogP contribution in [0.1, 0.15) is 25.8 Å². The first-order chi connectivity index (χ1) is 18.2. The maximum absolute atomic E-state index is 13.8. The molecule has 0 heterocycles. The molecule has 0 aromatic heterocycles. The number of carbonyl (C=O) groups excluding carboxylic acids is 2. The molecule has 3 aromatic rings. The zero-order chi connectivity index (χ0) is 27.7. The monoisotopic (exact) mass is 601 g/mol. The van der Waals surface area contributed by atoms with E-state index in [0.717, 1.165) is 20.8 Å². The molecule has 0 aliphatic carbocycles. The number of nitrogens with zero attached hydrogens (tertiary/aromatic N) is 2. The van der Waals surface area contributed by atoms with Crippen molar-refractivity contribution in [2.45, 2.75) is 37.8 Å². The topological polar surface area (TPSA) is 96.0 Å². The van der Waals surface area contributed by atoms with Crippen LogP contribution in [0.3, 0.4) is 0 Å². The molecule has 0 aliphatic heterocycles. The number of halogens is 1. The van der Waals surface area contributed by atoms with Crippen LogP contribution in [0.15, 0.2) is 88.2 Å². The highest BCUT2D eigenvalue weighted by molar-refractivity contribution is 9.10. The van der Waals surface area contributed by atoms with Gasteiger partial charge in [0.15, 0.2) is 0 Å². The fourth-order valence-corrected chi connectivity index (χ4v) is 5.44. The number of benzene rings is 3. The maximum Gasteiger partial charge on any atom is 0.264 e. The molecule has 0 aliphatic rings. The lowest BCUT2D eigenvalue weighted by Crippen LogP contribution is -2.51. The Balaban J connectivity index is 1.98.